The highest BCUT2D eigenvalue weighted by Gasteiger charge is 2.38. The Hall–Kier alpha value is -2.87. The van der Waals surface area contributed by atoms with E-state index in [1.165, 1.54) is 0 Å². The van der Waals surface area contributed by atoms with Crippen LogP contribution in [0.3, 0.4) is 0 Å². The summed E-state index contributed by atoms with van der Waals surface area (Å²) in [6.07, 6.45) is 4.06. The fourth-order valence-electron chi connectivity index (χ4n) is 4.20. The summed E-state index contributed by atoms with van der Waals surface area (Å²) >= 11 is 0. The highest BCUT2D eigenvalue weighted by atomic mass is 16.5. The molecule has 2 aliphatic rings. The van der Waals surface area contributed by atoms with E-state index in [9.17, 15) is 14.4 Å². The number of hydrogen-bond donors (Lipinski definition) is 3. The maximum Gasteiger partial charge on any atom is 0.247 e. The molecular weight excluding hydrogens is 456 g/mol. The predicted octanol–water partition coefficient (Wildman–Crippen LogP) is 3.18. The van der Waals surface area contributed by atoms with Gasteiger partial charge < -0.3 is 20.7 Å². The molecule has 3 amide bonds. The summed E-state index contributed by atoms with van der Waals surface area (Å²) in [5.74, 6) is -0.312. The molecule has 0 spiro atoms. The van der Waals surface area contributed by atoms with Crippen LogP contribution in [0.15, 0.2) is 30.5 Å². The number of carbonyl (C=O) groups excluding carboxylic acids is 3. The Morgan fingerprint density at radius 1 is 1.06 bits per heavy atom. The van der Waals surface area contributed by atoms with Crippen LogP contribution in [-0.4, -0.2) is 60.9 Å². The number of likely N-dealkylation sites (N-methyl/N-ethyl adjacent to an activating group) is 1. The first-order chi connectivity index (χ1) is 16.9. The van der Waals surface area contributed by atoms with Crippen LogP contribution in [0.2, 0.25) is 0 Å². The minimum Gasteiger partial charge on any atom is -0.487 e. The van der Waals surface area contributed by atoms with Gasteiger partial charge in [-0.1, -0.05) is 60.1 Å². The van der Waals surface area contributed by atoms with Gasteiger partial charge in [-0.05, 0) is 62.0 Å². The van der Waals surface area contributed by atoms with E-state index < -0.39 is 30.1 Å². The fourth-order valence-corrected chi connectivity index (χ4v) is 4.20. The zero-order valence-corrected chi connectivity index (χ0v) is 23.0. The van der Waals surface area contributed by atoms with Gasteiger partial charge in [-0.3, -0.25) is 19.3 Å². The molecule has 0 unspecified atom stereocenters. The molecule has 200 valence electrons. The van der Waals surface area contributed by atoms with Crippen molar-refractivity contribution in [1.82, 2.24) is 20.9 Å². The summed E-state index contributed by atoms with van der Waals surface area (Å²) in [6, 6.07) is 5.24. The lowest BCUT2D eigenvalue weighted by molar-refractivity contribution is -0.136. The number of nitrogens with zero attached hydrogens (tertiary/aromatic N) is 1. The van der Waals surface area contributed by atoms with Crippen molar-refractivity contribution >= 4 is 23.8 Å². The molecule has 1 aromatic carbocycles. The molecule has 3 rings (SSSR count). The summed E-state index contributed by atoms with van der Waals surface area (Å²) in [4.78, 5) is 42.1. The number of benzene rings is 1. The number of amides is 3. The van der Waals surface area contributed by atoms with Gasteiger partial charge in [0.1, 0.15) is 23.9 Å². The maximum absolute atomic E-state index is 13.8. The van der Waals surface area contributed by atoms with Crippen LogP contribution in [0.25, 0.3) is 6.08 Å². The highest BCUT2D eigenvalue weighted by molar-refractivity contribution is 5.94. The lowest BCUT2D eigenvalue weighted by atomic mass is 9.94. The van der Waals surface area contributed by atoms with E-state index >= 15 is 0 Å². The van der Waals surface area contributed by atoms with Crippen LogP contribution in [0.1, 0.15) is 59.9 Å². The molecule has 0 aliphatic carbocycles. The third kappa shape index (κ3) is 8.08. The second kappa shape index (κ2) is 13.4. The van der Waals surface area contributed by atoms with E-state index in [1.807, 2.05) is 71.0 Å². The first-order valence-corrected chi connectivity index (χ1v) is 12.9. The van der Waals surface area contributed by atoms with Gasteiger partial charge in [-0.2, -0.15) is 0 Å². The van der Waals surface area contributed by atoms with E-state index in [0.29, 0.717) is 24.5 Å². The first kappa shape index (κ1) is 29.4. The Balaban J connectivity index is 2.52. The van der Waals surface area contributed by atoms with Crippen molar-refractivity contribution in [3.63, 3.8) is 0 Å². The summed E-state index contributed by atoms with van der Waals surface area (Å²) in [6.45, 7) is 11.9. The Morgan fingerprint density at radius 2 is 1.69 bits per heavy atom. The van der Waals surface area contributed by atoms with Gasteiger partial charge in [-0.15, -0.1) is 0 Å². The summed E-state index contributed by atoms with van der Waals surface area (Å²) in [7, 11) is 3.71. The van der Waals surface area contributed by atoms with Gasteiger partial charge in [0.15, 0.2) is 0 Å². The standard InChI is InChI=1S/C28H44N4O4/c1-9-19(6)23-27(34)29-15-14-20-10-12-21(13-11-20)36-25(18(4)5)24(28(35)30-23)31-26(33)22(32(7)8)16-17(2)3/h10-15,17-19,22-25H,9,16H2,1-8H3,(H,29,34)(H,30,35)(H,31,33)/t19-,22-,23-,24-,25-/m0/s1. The predicted molar refractivity (Wildman–Crippen MR) is 143 cm³/mol. The van der Waals surface area contributed by atoms with E-state index in [2.05, 4.69) is 29.8 Å². The van der Waals surface area contributed by atoms with Crippen LogP contribution < -0.4 is 20.7 Å². The molecule has 0 saturated carbocycles. The second-order valence-corrected chi connectivity index (χ2v) is 10.7. The van der Waals surface area contributed by atoms with Crippen LogP contribution in [0, 0.1) is 17.8 Å². The topological polar surface area (TPSA) is 99.8 Å². The number of fused-ring (bicyclic) bond motifs is 10. The molecule has 5 atom stereocenters. The molecule has 0 aromatic heterocycles. The largest absolute Gasteiger partial charge is 0.487 e. The number of nitrogens with one attached hydrogen (secondary N) is 3. The van der Waals surface area contributed by atoms with Crippen LogP contribution in [0.5, 0.6) is 5.75 Å². The van der Waals surface area contributed by atoms with Gasteiger partial charge in [0.25, 0.3) is 0 Å². The smallest absolute Gasteiger partial charge is 0.247 e. The third-order valence-corrected chi connectivity index (χ3v) is 6.63. The van der Waals surface area contributed by atoms with Crippen molar-refractivity contribution in [2.75, 3.05) is 14.1 Å². The van der Waals surface area contributed by atoms with Crippen molar-refractivity contribution in [2.45, 2.75) is 78.6 Å². The zero-order valence-electron chi connectivity index (χ0n) is 23.0. The lowest BCUT2D eigenvalue weighted by Crippen LogP contribution is -2.62. The van der Waals surface area contributed by atoms with E-state index in [-0.39, 0.29) is 23.7 Å². The van der Waals surface area contributed by atoms with Gasteiger partial charge in [0, 0.05) is 6.20 Å². The molecule has 0 saturated heterocycles. The average molecular weight is 501 g/mol. The quantitative estimate of drug-likeness (QED) is 0.509. The molecule has 2 heterocycles. The molecule has 36 heavy (non-hydrogen) atoms. The van der Waals surface area contributed by atoms with Gasteiger partial charge in [-0.25, -0.2) is 0 Å². The van der Waals surface area contributed by atoms with Crippen LogP contribution in [-0.2, 0) is 14.4 Å². The minimum absolute atomic E-state index is 0.104. The first-order valence-electron chi connectivity index (χ1n) is 12.9. The second-order valence-electron chi connectivity index (χ2n) is 10.7. The van der Waals surface area contributed by atoms with Crippen molar-refractivity contribution in [2.24, 2.45) is 17.8 Å². The lowest BCUT2D eigenvalue weighted by Gasteiger charge is -2.34. The van der Waals surface area contributed by atoms with E-state index in [0.717, 1.165) is 5.56 Å². The fraction of sp³-hybridized carbons (Fsp3) is 0.607. The molecule has 1 aromatic rings. The van der Waals surface area contributed by atoms with Crippen molar-refractivity contribution in [3.05, 3.63) is 36.0 Å². The van der Waals surface area contributed by atoms with E-state index in [4.69, 9.17) is 4.74 Å². The Labute approximate surface area is 216 Å². The number of ether oxygens (including phenoxy) is 1. The Bertz CT molecular complexity index is 911. The van der Waals surface area contributed by atoms with E-state index in [1.54, 1.807) is 12.3 Å². The minimum atomic E-state index is -0.996. The Kier molecular flexibility index (Phi) is 11.0. The van der Waals surface area contributed by atoms with Crippen molar-refractivity contribution in [1.29, 1.82) is 0 Å². The summed E-state index contributed by atoms with van der Waals surface area (Å²) < 4.78 is 6.31. The SMILES string of the molecule is CC[C@H](C)[C@@H]1NC(=O)[C@@H](NC(=O)[C@H](CC(C)C)N(C)C)[C@H](C(C)C)Oc2ccc(cc2)C=CNC1=O. The number of hydrogen-bond acceptors (Lipinski definition) is 5. The summed E-state index contributed by atoms with van der Waals surface area (Å²) in [5, 5.41) is 8.70. The monoisotopic (exact) mass is 500 g/mol. The molecule has 8 nitrogen and oxygen atoms in total. The van der Waals surface area contributed by atoms with Crippen molar-refractivity contribution in [3.8, 4) is 5.75 Å². The number of carbonyl (C=O) groups is 3. The average Bonchev–Trinajstić information content (AvgIpc) is 2.82. The van der Waals surface area contributed by atoms with Crippen LogP contribution in [0.4, 0.5) is 0 Å². The van der Waals surface area contributed by atoms with Gasteiger partial charge in [0.05, 0.1) is 6.04 Å². The Morgan fingerprint density at radius 3 is 2.22 bits per heavy atom. The summed E-state index contributed by atoms with van der Waals surface area (Å²) in [5.41, 5.74) is 0.900. The molecule has 2 bridgehead atoms. The van der Waals surface area contributed by atoms with Crippen molar-refractivity contribution < 1.29 is 19.1 Å². The van der Waals surface area contributed by atoms with Crippen LogP contribution >= 0.6 is 0 Å². The third-order valence-electron chi connectivity index (χ3n) is 6.63. The molecule has 2 aliphatic heterocycles. The highest BCUT2D eigenvalue weighted by Crippen LogP contribution is 2.21. The molecule has 3 N–H and O–H groups in total. The molecule has 8 heteroatoms. The molecular formula is C28H44N4O4. The maximum atomic E-state index is 13.8. The van der Waals surface area contributed by atoms with Gasteiger partial charge >= 0.3 is 0 Å². The van der Waals surface area contributed by atoms with Gasteiger partial charge in [0.2, 0.25) is 17.7 Å². The normalized spacial score (nSPS) is 22.6. The zero-order chi connectivity index (χ0) is 27.0. The molecule has 0 fully saturated rings. The number of rotatable bonds is 8. The molecule has 0 radical (unpaired) electrons.